The molecule has 0 radical (unpaired) electrons. The maximum Gasteiger partial charge on any atom is 0.334 e. The molecule has 0 fully saturated rings. The van der Waals surface area contributed by atoms with Gasteiger partial charge in [0.15, 0.2) is 0 Å². The summed E-state index contributed by atoms with van der Waals surface area (Å²) >= 11 is 1.37. The van der Waals surface area contributed by atoms with Gasteiger partial charge < -0.3 is 9.84 Å². The highest BCUT2D eigenvalue weighted by Crippen LogP contribution is 2.17. The van der Waals surface area contributed by atoms with Gasteiger partial charge in [-0.05, 0) is 18.4 Å². The Hall–Kier alpha value is -1.29. The molecule has 0 bridgehead atoms. The number of aliphatic hydroxyl groups is 1. The highest BCUT2D eigenvalue weighted by atomic mass is 32.1. The summed E-state index contributed by atoms with van der Waals surface area (Å²) in [6.07, 6.45) is 1.08. The number of carbonyl (C=O) groups is 1. The summed E-state index contributed by atoms with van der Waals surface area (Å²) in [5.74, 6) is -0.568. The van der Waals surface area contributed by atoms with Gasteiger partial charge >= 0.3 is 5.97 Å². The number of ether oxygens (including phenoxy) is 1. The van der Waals surface area contributed by atoms with E-state index in [1.807, 2.05) is 5.38 Å². The van der Waals surface area contributed by atoms with Crippen molar-refractivity contribution in [3.63, 3.8) is 0 Å². The van der Waals surface area contributed by atoms with E-state index in [0.717, 1.165) is 6.08 Å². The molecule has 0 unspecified atom stereocenters. The van der Waals surface area contributed by atoms with Crippen LogP contribution in [0.4, 0.5) is 0 Å². The molecule has 13 heavy (non-hydrogen) atoms. The summed E-state index contributed by atoms with van der Waals surface area (Å²) in [5.41, 5.74) is 0. The van der Waals surface area contributed by atoms with E-state index in [1.54, 1.807) is 19.1 Å². The van der Waals surface area contributed by atoms with E-state index in [2.05, 4.69) is 4.74 Å². The molecular formula is C9H10O3S. The Morgan fingerprint density at radius 2 is 2.54 bits per heavy atom. The molecule has 1 heterocycles. The standard InChI is InChI=1S/C9H10O3S/c1-2-12-9(11)6-7(10)8-4-3-5-13-8/h3-6,10H,2H2,1H3/b7-6+. The van der Waals surface area contributed by atoms with Crippen LogP contribution in [0.5, 0.6) is 0 Å². The van der Waals surface area contributed by atoms with Gasteiger partial charge in [-0.25, -0.2) is 4.79 Å². The lowest BCUT2D eigenvalue weighted by atomic mass is 10.3. The van der Waals surface area contributed by atoms with E-state index in [-0.39, 0.29) is 5.76 Å². The van der Waals surface area contributed by atoms with Crippen LogP contribution in [0.2, 0.25) is 0 Å². The second-order valence-corrected chi connectivity index (χ2v) is 3.21. The first kappa shape index (κ1) is 9.80. The summed E-state index contributed by atoms with van der Waals surface area (Å²) in [6, 6.07) is 3.53. The fraction of sp³-hybridized carbons (Fsp3) is 0.222. The van der Waals surface area contributed by atoms with Gasteiger partial charge in [0, 0.05) is 0 Å². The molecule has 1 aromatic rings. The largest absolute Gasteiger partial charge is 0.506 e. The first-order valence-corrected chi connectivity index (χ1v) is 4.73. The Morgan fingerprint density at radius 3 is 3.08 bits per heavy atom. The van der Waals surface area contributed by atoms with Gasteiger partial charge in [0.25, 0.3) is 0 Å². The maximum atomic E-state index is 10.9. The van der Waals surface area contributed by atoms with E-state index in [9.17, 15) is 9.90 Å². The molecule has 0 atom stereocenters. The minimum Gasteiger partial charge on any atom is -0.506 e. The number of hydrogen-bond donors (Lipinski definition) is 1. The molecule has 3 nitrogen and oxygen atoms in total. The minimum absolute atomic E-state index is 0.0477. The molecule has 70 valence electrons. The van der Waals surface area contributed by atoms with E-state index < -0.39 is 5.97 Å². The molecule has 0 aliphatic rings. The van der Waals surface area contributed by atoms with Gasteiger partial charge in [0.05, 0.1) is 17.6 Å². The molecule has 0 aromatic carbocycles. The van der Waals surface area contributed by atoms with Crippen molar-refractivity contribution in [2.45, 2.75) is 6.92 Å². The molecule has 4 heteroatoms. The van der Waals surface area contributed by atoms with Gasteiger partial charge in [0.1, 0.15) is 5.76 Å². The molecule has 0 saturated heterocycles. The topological polar surface area (TPSA) is 46.5 Å². The lowest BCUT2D eigenvalue weighted by Gasteiger charge is -1.96. The first-order chi connectivity index (χ1) is 6.24. The third-order valence-electron chi connectivity index (χ3n) is 1.31. The summed E-state index contributed by atoms with van der Waals surface area (Å²) in [5, 5.41) is 11.2. The lowest BCUT2D eigenvalue weighted by Crippen LogP contribution is -2.00. The molecule has 0 spiro atoms. The zero-order valence-electron chi connectivity index (χ0n) is 7.19. The average molecular weight is 198 g/mol. The van der Waals surface area contributed by atoms with Gasteiger partial charge in [-0.1, -0.05) is 6.07 Å². The van der Waals surface area contributed by atoms with Gasteiger partial charge in [-0.3, -0.25) is 0 Å². The number of rotatable bonds is 3. The molecule has 1 rings (SSSR count). The Kier molecular flexibility index (Phi) is 3.52. The van der Waals surface area contributed by atoms with Crippen LogP contribution in [0.3, 0.4) is 0 Å². The number of esters is 1. The van der Waals surface area contributed by atoms with Crippen LogP contribution in [0, 0.1) is 0 Å². The second kappa shape index (κ2) is 4.67. The summed E-state index contributed by atoms with van der Waals surface area (Å²) in [4.78, 5) is 11.6. The zero-order chi connectivity index (χ0) is 9.68. The van der Waals surface area contributed by atoms with Crippen LogP contribution in [-0.2, 0) is 9.53 Å². The van der Waals surface area contributed by atoms with Crippen molar-refractivity contribution in [1.82, 2.24) is 0 Å². The van der Waals surface area contributed by atoms with Gasteiger partial charge in [-0.15, -0.1) is 11.3 Å². The maximum absolute atomic E-state index is 10.9. The van der Waals surface area contributed by atoms with Crippen molar-refractivity contribution >= 4 is 23.1 Å². The first-order valence-electron chi connectivity index (χ1n) is 3.85. The summed E-state index contributed by atoms with van der Waals surface area (Å²) in [7, 11) is 0. The van der Waals surface area contributed by atoms with Crippen LogP contribution in [0.1, 0.15) is 11.8 Å². The smallest absolute Gasteiger partial charge is 0.334 e. The summed E-state index contributed by atoms with van der Waals surface area (Å²) in [6.45, 7) is 2.03. The van der Waals surface area contributed by atoms with Crippen molar-refractivity contribution in [3.05, 3.63) is 28.5 Å². The molecule has 1 N–H and O–H groups in total. The Balaban J connectivity index is 2.67. The van der Waals surface area contributed by atoms with Crippen LogP contribution in [0.25, 0.3) is 5.76 Å². The van der Waals surface area contributed by atoms with Crippen LogP contribution in [0.15, 0.2) is 23.6 Å². The quantitative estimate of drug-likeness (QED) is 0.460. The molecule has 1 aromatic heterocycles. The van der Waals surface area contributed by atoms with Gasteiger partial charge in [0.2, 0.25) is 0 Å². The summed E-state index contributed by atoms with van der Waals surface area (Å²) < 4.78 is 4.64. The third kappa shape index (κ3) is 2.91. The number of aliphatic hydroxyl groups excluding tert-OH is 1. The fourth-order valence-corrected chi connectivity index (χ4v) is 1.43. The second-order valence-electron chi connectivity index (χ2n) is 2.26. The third-order valence-corrected chi connectivity index (χ3v) is 2.21. The zero-order valence-corrected chi connectivity index (χ0v) is 8.00. The van der Waals surface area contributed by atoms with Crippen molar-refractivity contribution in [2.24, 2.45) is 0 Å². The molecule has 0 aliphatic carbocycles. The van der Waals surface area contributed by atoms with Crippen molar-refractivity contribution in [1.29, 1.82) is 0 Å². The van der Waals surface area contributed by atoms with E-state index in [1.165, 1.54) is 11.3 Å². The predicted molar refractivity (Wildman–Crippen MR) is 51.6 cm³/mol. The average Bonchev–Trinajstić information content (AvgIpc) is 2.55. The number of carbonyl (C=O) groups excluding carboxylic acids is 1. The Labute approximate surface area is 80.3 Å². The molecule has 0 amide bonds. The van der Waals surface area contributed by atoms with E-state index in [0.29, 0.717) is 11.5 Å². The normalized spacial score (nSPS) is 11.3. The van der Waals surface area contributed by atoms with E-state index in [4.69, 9.17) is 0 Å². The highest BCUT2D eigenvalue weighted by Gasteiger charge is 2.03. The van der Waals surface area contributed by atoms with Crippen LogP contribution >= 0.6 is 11.3 Å². The fourth-order valence-electron chi connectivity index (χ4n) is 0.791. The van der Waals surface area contributed by atoms with Crippen LogP contribution in [-0.4, -0.2) is 17.7 Å². The molecule has 0 aliphatic heterocycles. The highest BCUT2D eigenvalue weighted by molar-refractivity contribution is 7.11. The monoisotopic (exact) mass is 198 g/mol. The van der Waals surface area contributed by atoms with Crippen LogP contribution < -0.4 is 0 Å². The van der Waals surface area contributed by atoms with Gasteiger partial charge in [-0.2, -0.15) is 0 Å². The van der Waals surface area contributed by atoms with E-state index >= 15 is 0 Å². The van der Waals surface area contributed by atoms with Crippen molar-refractivity contribution in [3.8, 4) is 0 Å². The predicted octanol–water partition coefficient (Wildman–Crippen LogP) is 2.21. The molecule has 0 saturated carbocycles. The SMILES string of the molecule is CCOC(=O)/C=C(/O)c1cccs1. The Bertz CT molecular complexity index is 301. The number of hydrogen-bond acceptors (Lipinski definition) is 4. The minimum atomic E-state index is -0.520. The Morgan fingerprint density at radius 1 is 1.77 bits per heavy atom. The lowest BCUT2D eigenvalue weighted by molar-refractivity contribution is -0.137. The molecular weight excluding hydrogens is 188 g/mol. The van der Waals surface area contributed by atoms with Crippen molar-refractivity contribution in [2.75, 3.05) is 6.61 Å². The van der Waals surface area contributed by atoms with Crippen molar-refractivity contribution < 1.29 is 14.6 Å². The number of thiophene rings is 1.